The molecule has 0 saturated carbocycles. The number of hydrogen-bond acceptors (Lipinski definition) is 4. The van der Waals surface area contributed by atoms with E-state index >= 15 is 0 Å². The first-order valence-electron chi connectivity index (χ1n) is 6.69. The van der Waals surface area contributed by atoms with Crippen LogP contribution in [-0.4, -0.2) is 30.9 Å². The van der Waals surface area contributed by atoms with Gasteiger partial charge in [-0.15, -0.1) is 24.2 Å². The molecule has 1 rings (SSSR count). The van der Waals surface area contributed by atoms with Crippen molar-refractivity contribution >= 4 is 30.1 Å². The summed E-state index contributed by atoms with van der Waals surface area (Å²) >= 11 is 1.50. The Hall–Kier alpha value is -0.910. The molecule has 1 aromatic carbocycles. The predicted molar refractivity (Wildman–Crippen MR) is 91.4 cm³/mol. The highest BCUT2D eigenvalue weighted by molar-refractivity contribution is 8.00. The van der Waals surface area contributed by atoms with Crippen molar-refractivity contribution in [2.75, 3.05) is 19.4 Å². The fourth-order valence-corrected chi connectivity index (χ4v) is 2.30. The standard InChI is InChI=1S/C15H24N2O2S.ClH/c1-11(2)15(3,10-16)17-14(18)9-20-13-7-5-12(19-4)6-8-13;/h5-8,11H,9-10,16H2,1-4H3,(H,17,18);1H. The van der Waals surface area contributed by atoms with Gasteiger partial charge in [-0.2, -0.15) is 0 Å². The molecule has 0 aliphatic rings. The number of ether oxygens (including phenoxy) is 1. The Labute approximate surface area is 137 Å². The lowest BCUT2D eigenvalue weighted by Gasteiger charge is -2.33. The van der Waals surface area contributed by atoms with Gasteiger partial charge in [0.1, 0.15) is 5.75 Å². The number of benzene rings is 1. The second-order valence-corrected chi connectivity index (χ2v) is 6.34. The molecule has 0 aliphatic heterocycles. The van der Waals surface area contributed by atoms with Crippen LogP contribution < -0.4 is 15.8 Å². The number of halogens is 1. The summed E-state index contributed by atoms with van der Waals surface area (Å²) in [5.41, 5.74) is 5.41. The molecule has 0 aliphatic carbocycles. The third-order valence-electron chi connectivity index (χ3n) is 3.55. The highest BCUT2D eigenvalue weighted by atomic mass is 35.5. The average molecular weight is 333 g/mol. The topological polar surface area (TPSA) is 64.3 Å². The molecular formula is C15H25ClN2O2S. The Morgan fingerprint density at radius 2 is 1.95 bits per heavy atom. The van der Waals surface area contributed by atoms with Gasteiger partial charge in [0.25, 0.3) is 0 Å². The minimum atomic E-state index is -0.350. The van der Waals surface area contributed by atoms with Crippen LogP contribution in [0.2, 0.25) is 0 Å². The molecule has 21 heavy (non-hydrogen) atoms. The number of methoxy groups -OCH3 is 1. The van der Waals surface area contributed by atoms with E-state index in [4.69, 9.17) is 10.5 Å². The van der Waals surface area contributed by atoms with E-state index in [9.17, 15) is 4.79 Å². The van der Waals surface area contributed by atoms with Crippen LogP contribution in [0.3, 0.4) is 0 Å². The number of nitrogens with two attached hydrogens (primary N) is 1. The van der Waals surface area contributed by atoms with E-state index in [0.29, 0.717) is 18.2 Å². The fraction of sp³-hybridized carbons (Fsp3) is 0.533. The normalized spacial score (nSPS) is 13.2. The first kappa shape index (κ1) is 20.1. The quantitative estimate of drug-likeness (QED) is 0.753. The van der Waals surface area contributed by atoms with E-state index in [2.05, 4.69) is 19.2 Å². The Balaban J connectivity index is 0.00000400. The van der Waals surface area contributed by atoms with Gasteiger partial charge in [-0.3, -0.25) is 4.79 Å². The van der Waals surface area contributed by atoms with Crippen molar-refractivity contribution in [3.63, 3.8) is 0 Å². The van der Waals surface area contributed by atoms with Crippen LogP contribution in [0.15, 0.2) is 29.2 Å². The first-order chi connectivity index (χ1) is 9.41. The lowest BCUT2D eigenvalue weighted by molar-refractivity contribution is -0.120. The number of amides is 1. The molecule has 0 fully saturated rings. The van der Waals surface area contributed by atoms with E-state index in [-0.39, 0.29) is 23.9 Å². The van der Waals surface area contributed by atoms with E-state index in [1.165, 1.54) is 11.8 Å². The molecule has 3 N–H and O–H groups in total. The van der Waals surface area contributed by atoms with Crippen molar-refractivity contribution in [1.29, 1.82) is 0 Å². The van der Waals surface area contributed by atoms with Crippen LogP contribution >= 0.6 is 24.2 Å². The van der Waals surface area contributed by atoms with Crippen LogP contribution in [0, 0.1) is 5.92 Å². The second-order valence-electron chi connectivity index (χ2n) is 5.29. The zero-order chi connectivity index (χ0) is 15.2. The van der Waals surface area contributed by atoms with E-state index in [1.807, 2.05) is 31.2 Å². The van der Waals surface area contributed by atoms with Crippen molar-refractivity contribution in [1.82, 2.24) is 5.32 Å². The van der Waals surface area contributed by atoms with Crippen LogP contribution in [-0.2, 0) is 4.79 Å². The summed E-state index contributed by atoms with van der Waals surface area (Å²) in [7, 11) is 1.63. The van der Waals surface area contributed by atoms with Crippen LogP contribution in [0.1, 0.15) is 20.8 Å². The highest BCUT2D eigenvalue weighted by Crippen LogP contribution is 2.21. The monoisotopic (exact) mass is 332 g/mol. The predicted octanol–water partition coefficient (Wildman–Crippen LogP) is 2.70. The zero-order valence-electron chi connectivity index (χ0n) is 13.0. The third kappa shape index (κ3) is 6.16. The molecule has 0 aromatic heterocycles. The number of carbonyl (C=O) groups is 1. The van der Waals surface area contributed by atoms with Gasteiger partial charge in [0, 0.05) is 11.4 Å². The van der Waals surface area contributed by atoms with Gasteiger partial charge in [-0.25, -0.2) is 0 Å². The van der Waals surface area contributed by atoms with Crippen LogP contribution in [0.4, 0.5) is 0 Å². The Kier molecular flexibility index (Phi) is 8.78. The van der Waals surface area contributed by atoms with Gasteiger partial charge in [0.2, 0.25) is 5.91 Å². The molecule has 1 amide bonds. The molecule has 0 bridgehead atoms. The van der Waals surface area contributed by atoms with Gasteiger partial charge < -0.3 is 15.8 Å². The van der Waals surface area contributed by atoms with Crippen molar-refractivity contribution in [3.8, 4) is 5.75 Å². The van der Waals surface area contributed by atoms with Gasteiger partial charge in [0.15, 0.2) is 0 Å². The molecule has 0 heterocycles. The lowest BCUT2D eigenvalue weighted by atomic mass is 9.88. The summed E-state index contributed by atoms with van der Waals surface area (Å²) in [6.45, 7) is 6.53. The van der Waals surface area contributed by atoms with Crippen LogP contribution in [0.25, 0.3) is 0 Å². The van der Waals surface area contributed by atoms with Gasteiger partial charge >= 0.3 is 0 Å². The summed E-state index contributed by atoms with van der Waals surface area (Å²) in [6.07, 6.45) is 0. The van der Waals surface area contributed by atoms with Crippen molar-refractivity contribution in [2.24, 2.45) is 11.7 Å². The SMILES string of the molecule is COc1ccc(SCC(=O)NC(C)(CN)C(C)C)cc1.Cl. The maximum atomic E-state index is 12.0. The summed E-state index contributed by atoms with van der Waals surface area (Å²) < 4.78 is 5.10. The molecule has 1 unspecified atom stereocenters. The number of thioether (sulfide) groups is 1. The number of carbonyl (C=O) groups excluding carboxylic acids is 1. The highest BCUT2D eigenvalue weighted by Gasteiger charge is 2.28. The third-order valence-corrected chi connectivity index (χ3v) is 4.56. The molecule has 6 heteroatoms. The van der Waals surface area contributed by atoms with Crippen molar-refractivity contribution < 1.29 is 9.53 Å². The molecule has 0 radical (unpaired) electrons. The average Bonchev–Trinajstić information content (AvgIpc) is 2.45. The maximum Gasteiger partial charge on any atom is 0.230 e. The van der Waals surface area contributed by atoms with Gasteiger partial charge in [-0.1, -0.05) is 13.8 Å². The lowest BCUT2D eigenvalue weighted by Crippen LogP contribution is -2.55. The van der Waals surface area contributed by atoms with Crippen LogP contribution in [0.5, 0.6) is 5.75 Å². The Morgan fingerprint density at radius 1 is 1.38 bits per heavy atom. The van der Waals surface area contributed by atoms with Gasteiger partial charge in [0.05, 0.1) is 18.4 Å². The molecule has 0 saturated heterocycles. The number of hydrogen-bond donors (Lipinski definition) is 2. The largest absolute Gasteiger partial charge is 0.497 e. The molecule has 1 atom stereocenters. The molecule has 0 spiro atoms. The van der Waals surface area contributed by atoms with E-state index < -0.39 is 0 Å². The summed E-state index contributed by atoms with van der Waals surface area (Å²) in [6, 6.07) is 7.67. The van der Waals surface area contributed by atoms with E-state index in [1.54, 1.807) is 7.11 Å². The van der Waals surface area contributed by atoms with Gasteiger partial charge in [-0.05, 0) is 37.1 Å². The molecule has 1 aromatic rings. The Bertz CT molecular complexity index is 440. The number of nitrogens with one attached hydrogen (secondary N) is 1. The molecular weight excluding hydrogens is 308 g/mol. The summed E-state index contributed by atoms with van der Waals surface area (Å²) in [5, 5.41) is 3.03. The maximum absolute atomic E-state index is 12.0. The zero-order valence-corrected chi connectivity index (χ0v) is 14.6. The second kappa shape index (κ2) is 9.18. The summed E-state index contributed by atoms with van der Waals surface area (Å²) in [4.78, 5) is 13.0. The molecule has 4 nitrogen and oxygen atoms in total. The minimum absolute atomic E-state index is 0. The van der Waals surface area contributed by atoms with Crippen molar-refractivity contribution in [2.45, 2.75) is 31.2 Å². The smallest absolute Gasteiger partial charge is 0.230 e. The molecule has 120 valence electrons. The van der Waals surface area contributed by atoms with E-state index in [0.717, 1.165) is 10.6 Å². The minimum Gasteiger partial charge on any atom is -0.497 e. The first-order valence-corrected chi connectivity index (χ1v) is 7.67. The fourth-order valence-electron chi connectivity index (χ4n) is 1.61. The number of rotatable bonds is 7. The summed E-state index contributed by atoms with van der Waals surface area (Å²) in [5.74, 6) is 1.50. The Morgan fingerprint density at radius 3 is 2.38 bits per heavy atom. The van der Waals surface area contributed by atoms with Crippen molar-refractivity contribution in [3.05, 3.63) is 24.3 Å².